The van der Waals surface area contributed by atoms with E-state index in [4.69, 9.17) is 18.6 Å². The van der Waals surface area contributed by atoms with E-state index in [9.17, 15) is 4.79 Å². The molecule has 1 heterocycles. The molecule has 0 aliphatic heterocycles. The van der Waals surface area contributed by atoms with Gasteiger partial charge in [0.15, 0.2) is 17.1 Å². The number of oxazole rings is 1. The molecule has 0 radical (unpaired) electrons. The number of amides is 1. The van der Waals surface area contributed by atoms with E-state index >= 15 is 0 Å². The summed E-state index contributed by atoms with van der Waals surface area (Å²) in [5, 5.41) is 5.81. The van der Waals surface area contributed by atoms with Crippen LogP contribution >= 0.6 is 0 Å². The van der Waals surface area contributed by atoms with Crippen LogP contribution in [0, 0.1) is 0 Å². The van der Waals surface area contributed by atoms with E-state index in [1.807, 2.05) is 42.5 Å². The largest absolute Gasteiger partial charge is 0.493 e. The number of carbonyl (C=O) groups excluding carboxylic acids is 1. The number of carbonyl (C=O) groups is 1. The molecule has 33 heavy (non-hydrogen) atoms. The van der Waals surface area contributed by atoms with Gasteiger partial charge in [-0.3, -0.25) is 4.79 Å². The number of nitrogens with zero attached hydrogens (tertiary/aromatic N) is 1. The quantitative estimate of drug-likeness (QED) is 0.409. The maximum Gasteiger partial charge on any atom is 0.300 e. The van der Waals surface area contributed by atoms with E-state index in [0.717, 1.165) is 22.2 Å². The number of ether oxygens (including phenoxy) is 3. The first-order chi connectivity index (χ1) is 16.1. The van der Waals surface area contributed by atoms with Crippen LogP contribution in [-0.2, 0) is 11.2 Å². The third kappa shape index (κ3) is 4.55. The van der Waals surface area contributed by atoms with Gasteiger partial charge in [0.05, 0.1) is 27.8 Å². The fourth-order valence-corrected chi connectivity index (χ4v) is 3.58. The topological polar surface area (TPSA) is 94.9 Å². The van der Waals surface area contributed by atoms with Gasteiger partial charge in [0.1, 0.15) is 5.52 Å². The van der Waals surface area contributed by atoms with E-state index in [2.05, 4.69) is 15.6 Å². The zero-order valence-electron chi connectivity index (χ0n) is 18.9. The third-order valence-electron chi connectivity index (χ3n) is 5.24. The number of aromatic nitrogens is 1. The van der Waals surface area contributed by atoms with Crippen LogP contribution in [0.4, 0.5) is 11.7 Å². The minimum Gasteiger partial charge on any atom is -0.493 e. The Morgan fingerprint density at radius 2 is 1.67 bits per heavy atom. The van der Waals surface area contributed by atoms with Gasteiger partial charge in [-0.2, -0.15) is 4.98 Å². The molecule has 0 saturated carbocycles. The number of benzene rings is 3. The predicted molar refractivity (Wildman–Crippen MR) is 127 cm³/mol. The molecule has 8 heteroatoms. The SMILES string of the molecule is CNC(=O)Cc1ccc(-c2cccc3nc(Nc4cc(OC)c(OC)c(OC)c4)oc23)cc1. The molecule has 2 N–H and O–H groups in total. The van der Waals surface area contributed by atoms with Crippen LogP contribution in [0.1, 0.15) is 5.56 Å². The Kier molecular flexibility index (Phi) is 6.35. The molecule has 0 aliphatic rings. The van der Waals surface area contributed by atoms with E-state index in [1.165, 1.54) is 0 Å². The van der Waals surface area contributed by atoms with Crippen LogP contribution in [0.3, 0.4) is 0 Å². The van der Waals surface area contributed by atoms with Crippen molar-refractivity contribution in [1.29, 1.82) is 0 Å². The highest BCUT2D eigenvalue weighted by Gasteiger charge is 2.16. The van der Waals surface area contributed by atoms with Crippen LogP contribution in [-0.4, -0.2) is 39.3 Å². The van der Waals surface area contributed by atoms with Crippen molar-refractivity contribution in [3.63, 3.8) is 0 Å². The summed E-state index contributed by atoms with van der Waals surface area (Å²) in [6, 6.07) is 17.5. The summed E-state index contributed by atoms with van der Waals surface area (Å²) in [7, 11) is 6.31. The lowest BCUT2D eigenvalue weighted by atomic mass is 10.0. The molecule has 3 aromatic carbocycles. The number of methoxy groups -OCH3 is 3. The number of nitrogens with one attached hydrogen (secondary N) is 2. The fraction of sp³-hybridized carbons (Fsp3) is 0.200. The molecule has 0 unspecified atom stereocenters. The lowest BCUT2D eigenvalue weighted by molar-refractivity contribution is -0.119. The predicted octanol–water partition coefficient (Wildman–Crippen LogP) is 4.55. The molecule has 0 fully saturated rings. The summed E-state index contributed by atoms with van der Waals surface area (Å²) in [5.74, 6) is 1.52. The maximum absolute atomic E-state index is 11.6. The van der Waals surface area contributed by atoms with E-state index in [-0.39, 0.29) is 5.91 Å². The lowest BCUT2D eigenvalue weighted by Crippen LogP contribution is -2.19. The van der Waals surface area contributed by atoms with Gasteiger partial charge in [0.25, 0.3) is 6.01 Å². The molecule has 4 rings (SSSR count). The Balaban J connectivity index is 1.65. The first kappa shape index (κ1) is 22.0. The number of likely N-dealkylation sites (N-methyl/N-ethyl adjacent to an activating group) is 1. The Labute approximate surface area is 191 Å². The average Bonchev–Trinajstić information content (AvgIpc) is 3.26. The second-order valence-electron chi connectivity index (χ2n) is 7.26. The normalized spacial score (nSPS) is 10.7. The maximum atomic E-state index is 11.6. The van der Waals surface area contributed by atoms with Crippen molar-refractivity contribution < 1.29 is 23.4 Å². The number of fused-ring (bicyclic) bond motifs is 1. The van der Waals surface area contributed by atoms with E-state index in [0.29, 0.717) is 41.0 Å². The highest BCUT2D eigenvalue weighted by atomic mass is 16.5. The molecular weight excluding hydrogens is 422 g/mol. The molecular formula is C25H25N3O5. The van der Waals surface area contributed by atoms with Crippen molar-refractivity contribution in [2.24, 2.45) is 0 Å². The minimum atomic E-state index is -0.0254. The van der Waals surface area contributed by atoms with E-state index < -0.39 is 0 Å². The van der Waals surface area contributed by atoms with Crippen molar-refractivity contribution in [3.8, 4) is 28.4 Å². The second-order valence-corrected chi connectivity index (χ2v) is 7.26. The summed E-state index contributed by atoms with van der Waals surface area (Å²) in [6.07, 6.45) is 0.339. The number of anilines is 2. The lowest BCUT2D eigenvalue weighted by Gasteiger charge is -2.14. The van der Waals surface area contributed by atoms with Gasteiger partial charge in [-0.25, -0.2) is 0 Å². The number of para-hydroxylation sites is 1. The summed E-state index contributed by atoms with van der Waals surface area (Å²) < 4.78 is 22.3. The second kappa shape index (κ2) is 9.52. The molecule has 0 saturated heterocycles. The van der Waals surface area contributed by atoms with Gasteiger partial charge in [0.2, 0.25) is 11.7 Å². The molecule has 1 amide bonds. The average molecular weight is 447 g/mol. The van der Waals surface area contributed by atoms with Crippen LogP contribution in [0.25, 0.3) is 22.2 Å². The van der Waals surface area contributed by atoms with Crippen LogP contribution in [0.5, 0.6) is 17.2 Å². The Hall–Kier alpha value is -4.20. The molecule has 0 spiro atoms. The fourth-order valence-electron chi connectivity index (χ4n) is 3.58. The van der Waals surface area contributed by atoms with Crippen molar-refractivity contribution in [3.05, 3.63) is 60.2 Å². The van der Waals surface area contributed by atoms with Gasteiger partial charge >= 0.3 is 0 Å². The summed E-state index contributed by atoms with van der Waals surface area (Å²) >= 11 is 0. The van der Waals surface area contributed by atoms with Crippen molar-refractivity contribution in [2.75, 3.05) is 33.7 Å². The van der Waals surface area contributed by atoms with Gasteiger partial charge in [-0.1, -0.05) is 36.4 Å². The molecule has 8 nitrogen and oxygen atoms in total. The number of rotatable bonds is 8. The first-order valence-corrected chi connectivity index (χ1v) is 10.3. The van der Waals surface area contributed by atoms with Gasteiger partial charge in [-0.15, -0.1) is 0 Å². The highest BCUT2D eigenvalue weighted by Crippen LogP contribution is 2.41. The summed E-state index contributed by atoms with van der Waals surface area (Å²) in [4.78, 5) is 16.2. The van der Waals surface area contributed by atoms with Gasteiger partial charge in [0, 0.05) is 30.4 Å². The highest BCUT2D eigenvalue weighted by molar-refractivity contribution is 5.91. The molecule has 1 aromatic heterocycles. The minimum absolute atomic E-state index is 0.0254. The Morgan fingerprint density at radius 1 is 0.970 bits per heavy atom. The standard InChI is InChI=1S/C25H25N3O5/c1-26-22(29)12-15-8-10-16(11-9-15)18-6-5-7-19-23(18)33-25(28-19)27-17-13-20(30-2)24(32-4)21(14-17)31-3/h5-11,13-14H,12H2,1-4H3,(H,26,29)(H,27,28). The molecule has 4 aromatic rings. The van der Waals surface area contributed by atoms with Crippen molar-refractivity contribution >= 4 is 28.7 Å². The first-order valence-electron chi connectivity index (χ1n) is 10.3. The zero-order chi connectivity index (χ0) is 23.4. The van der Waals surface area contributed by atoms with Crippen LogP contribution in [0.15, 0.2) is 59.0 Å². The monoisotopic (exact) mass is 447 g/mol. The van der Waals surface area contributed by atoms with Crippen LogP contribution in [0.2, 0.25) is 0 Å². The van der Waals surface area contributed by atoms with Crippen molar-refractivity contribution in [2.45, 2.75) is 6.42 Å². The third-order valence-corrected chi connectivity index (χ3v) is 5.24. The van der Waals surface area contributed by atoms with Gasteiger partial charge < -0.3 is 29.3 Å². The molecule has 0 bridgehead atoms. The number of hydrogen-bond acceptors (Lipinski definition) is 7. The zero-order valence-corrected chi connectivity index (χ0v) is 18.9. The summed E-state index contributed by atoms with van der Waals surface area (Å²) in [6.45, 7) is 0. The smallest absolute Gasteiger partial charge is 0.300 e. The van der Waals surface area contributed by atoms with Crippen LogP contribution < -0.4 is 24.8 Å². The summed E-state index contributed by atoms with van der Waals surface area (Å²) in [5.41, 5.74) is 4.87. The van der Waals surface area contributed by atoms with Gasteiger partial charge in [-0.05, 0) is 17.2 Å². The van der Waals surface area contributed by atoms with E-state index in [1.54, 1.807) is 40.5 Å². The molecule has 0 atom stereocenters. The number of hydrogen-bond donors (Lipinski definition) is 2. The van der Waals surface area contributed by atoms with Crippen molar-refractivity contribution in [1.82, 2.24) is 10.3 Å². The Morgan fingerprint density at radius 3 is 2.27 bits per heavy atom. The molecule has 0 aliphatic carbocycles. The Bertz CT molecular complexity index is 1260. The molecule has 170 valence electrons.